The summed E-state index contributed by atoms with van der Waals surface area (Å²) >= 11 is 3.37. The standard InChI is InChI=1S/C16H18BrNO2/c17-11-5-4-10-15(19)18-16(14-9-6-12-20-14)13-7-2-1-3-8-13/h1-3,6-9,12,16H,4-5,10-11H2,(H,18,19). The van der Waals surface area contributed by atoms with Crippen molar-refractivity contribution >= 4 is 21.8 Å². The molecular formula is C16H18BrNO2. The van der Waals surface area contributed by atoms with Gasteiger partial charge in [0.1, 0.15) is 11.8 Å². The number of alkyl halides is 1. The van der Waals surface area contributed by atoms with Gasteiger partial charge in [-0.3, -0.25) is 4.79 Å². The second-order valence-corrected chi connectivity index (χ2v) is 5.37. The minimum atomic E-state index is -0.220. The predicted molar refractivity (Wildman–Crippen MR) is 82.8 cm³/mol. The Morgan fingerprint density at radius 1 is 1.15 bits per heavy atom. The van der Waals surface area contributed by atoms with Crippen molar-refractivity contribution in [3.05, 3.63) is 60.1 Å². The third-order valence-electron chi connectivity index (χ3n) is 3.05. The van der Waals surface area contributed by atoms with E-state index in [1.54, 1.807) is 6.26 Å². The summed E-state index contributed by atoms with van der Waals surface area (Å²) in [6, 6.07) is 13.4. The molecule has 0 spiro atoms. The number of amides is 1. The molecule has 1 unspecified atom stereocenters. The van der Waals surface area contributed by atoms with Crippen molar-refractivity contribution in [2.75, 3.05) is 5.33 Å². The average molecular weight is 336 g/mol. The molecule has 1 aromatic heterocycles. The molecule has 1 amide bonds. The lowest BCUT2D eigenvalue weighted by Gasteiger charge is -2.17. The Hall–Kier alpha value is -1.55. The molecule has 1 heterocycles. The lowest BCUT2D eigenvalue weighted by Crippen LogP contribution is -2.28. The number of furan rings is 1. The molecule has 2 aromatic rings. The molecule has 0 aliphatic carbocycles. The van der Waals surface area contributed by atoms with Gasteiger partial charge in [0.05, 0.1) is 6.26 Å². The van der Waals surface area contributed by atoms with Gasteiger partial charge in [-0.1, -0.05) is 46.3 Å². The highest BCUT2D eigenvalue weighted by atomic mass is 79.9. The summed E-state index contributed by atoms with van der Waals surface area (Å²) in [6.45, 7) is 0. The van der Waals surface area contributed by atoms with E-state index in [2.05, 4.69) is 21.2 Å². The van der Waals surface area contributed by atoms with Crippen LogP contribution < -0.4 is 5.32 Å². The first-order valence-electron chi connectivity index (χ1n) is 6.75. The summed E-state index contributed by atoms with van der Waals surface area (Å²) in [7, 11) is 0. The maximum atomic E-state index is 12.0. The third kappa shape index (κ3) is 4.23. The Labute approximate surface area is 127 Å². The molecule has 20 heavy (non-hydrogen) atoms. The molecule has 1 aromatic carbocycles. The number of carbonyl (C=O) groups excluding carboxylic acids is 1. The van der Waals surface area contributed by atoms with Gasteiger partial charge in [-0.15, -0.1) is 0 Å². The maximum Gasteiger partial charge on any atom is 0.220 e. The minimum Gasteiger partial charge on any atom is -0.467 e. The molecule has 2 rings (SSSR count). The number of carbonyl (C=O) groups is 1. The molecule has 0 bridgehead atoms. The smallest absolute Gasteiger partial charge is 0.220 e. The van der Waals surface area contributed by atoms with Gasteiger partial charge in [-0.25, -0.2) is 0 Å². The number of hydrogen-bond donors (Lipinski definition) is 1. The fourth-order valence-electron chi connectivity index (χ4n) is 2.03. The van der Waals surface area contributed by atoms with Gasteiger partial charge >= 0.3 is 0 Å². The van der Waals surface area contributed by atoms with E-state index in [9.17, 15) is 4.79 Å². The summed E-state index contributed by atoms with van der Waals surface area (Å²) in [6.07, 6.45) is 4.05. The first-order valence-corrected chi connectivity index (χ1v) is 7.87. The second kappa shape index (κ2) is 7.90. The van der Waals surface area contributed by atoms with Crippen molar-refractivity contribution in [2.45, 2.75) is 25.3 Å². The van der Waals surface area contributed by atoms with Crippen LogP contribution in [0.3, 0.4) is 0 Å². The SMILES string of the molecule is O=C(CCCCBr)NC(c1ccccc1)c1ccco1. The molecule has 1 atom stereocenters. The van der Waals surface area contributed by atoms with Crippen LogP contribution in [0.4, 0.5) is 0 Å². The Balaban J connectivity index is 2.06. The van der Waals surface area contributed by atoms with Gasteiger partial charge in [0.25, 0.3) is 0 Å². The lowest BCUT2D eigenvalue weighted by atomic mass is 10.0. The van der Waals surface area contributed by atoms with Gasteiger partial charge in [-0.05, 0) is 30.5 Å². The van der Waals surface area contributed by atoms with E-state index in [0.717, 1.165) is 29.5 Å². The third-order valence-corrected chi connectivity index (χ3v) is 3.61. The number of unbranched alkanes of at least 4 members (excludes halogenated alkanes) is 1. The van der Waals surface area contributed by atoms with Crippen molar-refractivity contribution in [3.8, 4) is 0 Å². The first kappa shape index (κ1) is 14.9. The van der Waals surface area contributed by atoms with E-state index in [0.29, 0.717) is 6.42 Å². The highest BCUT2D eigenvalue weighted by Gasteiger charge is 2.18. The van der Waals surface area contributed by atoms with Gasteiger partial charge in [0.15, 0.2) is 0 Å². The van der Waals surface area contributed by atoms with Crippen LogP contribution in [0.2, 0.25) is 0 Å². The van der Waals surface area contributed by atoms with E-state index >= 15 is 0 Å². The summed E-state index contributed by atoms with van der Waals surface area (Å²) in [5.74, 6) is 0.807. The summed E-state index contributed by atoms with van der Waals surface area (Å²) < 4.78 is 5.45. The largest absolute Gasteiger partial charge is 0.467 e. The zero-order valence-corrected chi connectivity index (χ0v) is 12.8. The van der Waals surface area contributed by atoms with E-state index in [4.69, 9.17) is 4.42 Å². The Morgan fingerprint density at radius 3 is 2.60 bits per heavy atom. The van der Waals surface area contributed by atoms with Crippen molar-refractivity contribution in [2.24, 2.45) is 0 Å². The van der Waals surface area contributed by atoms with Crippen molar-refractivity contribution in [3.63, 3.8) is 0 Å². The summed E-state index contributed by atoms with van der Waals surface area (Å²) in [5.41, 5.74) is 1.02. The molecule has 106 valence electrons. The number of halogens is 1. The van der Waals surface area contributed by atoms with Crippen LogP contribution in [0.25, 0.3) is 0 Å². The van der Waals surface area contributed by atoms with Gasteiger partial charge in [0, 0.05) is 11.8 Å². The van der Waals surface area contributed by atoms with Gasteiger partial charge < -0.3 is 9.73 Å². The number of hydrogen-bond acceptors (Lipinski definition) is 2. The highest BCUT2D eigenvalue weighted by Crippen LogP contribution is 2.22. The lowest BCUT2D eigenvalue weighted by molar-refractivity contribution is -0.121. The van der Waals surface area contributed by atoms with Crippen LogP contribution >= 0.6 is 15.9 Å². The Morgan fingerprint density at radius 2 is 1.95 bits per heavy atom. The van der Waals surface area contributed by atoms with Crippen LogP contribution in [-0.2, 0) is 4.79 Å². The summed E-state index contributed by atoms with van der Waals surface area (Å²) in [5, 5.41) is 3.98. The molecule has 0 saturated carbocycles. The molecule has 0 saturated heterocycles. The molecular weight excluding hydrogens is 318 g/mol. The number of rotatable bonds is 7. The molecule has 0 radical (unpaired) electrons. The predicted octanol–water partition coefficient (Wildman–Crippen LogP) is 4.05. The monoisotopic (exact) mass is 335 g/mol. The van der Waals surface area contributed by atoms with E-state index in [1.165, 1.54) is 0 Å². The van der Waals surface area contributed by atoms with Crippen molar-refractivity contribution in [1.82, 2.24) is 5.32 Å². The van der Waals surface area contributed by atoms with Gasteiger partial charge in [0.2, 0.25) is 5.91 Å². The van der Waals surface area contributed by atoms with Crippen LogP contribution in [-0.4, -0.2) is 11.2 Å². The van der Waals surface area contributed by atoms with E-state index in [1.807, 2.05) is 42.5 Å². The first-order chi connectivity index (χ1) is 9.81. The molecule has 4 heteroatoms. The van der Waals surface area contributed by atoms with Crippen LogP contribution in [0.5, 0.6) is 0 Å². The van der Waals surface area contributed by atoms with Gasteiger partial charge in [-0.2, -0.15) is 0 Å². The zero-order valence-electron chi connectivity index (χ0n) is 11.2. The maximum absolute atomic E-state index is 12.0. The Kier molecular flexibility index (Phi) is 5.87. The van der Waals surface area contributed by atoms with Crippen molar-refractivity contribution < 1.29 is 9.21 Å². The Bertz CT molecular complexity index is 511. The van der Waals surface area contributed by atoms with E-state index < -0.39 is 0 Å². The molecule has 0 fully saturated rings. The average Bonchev–Trinajstić information content (AvgIpc) is 3.00. The quantitative estimate of drug-likeness (QED) is 0.612. The minimum absolute atomic E-state index is 0.0520. The molecule has 1 N–H and O–H groups in total. The van der Waals surface area contributed by atoms with E-state index in [-0.39, 0.29) is 11.9 Å². The fraction of sp³-hybridized carbons (Fsp3) is 0.312. The molecule has 0 aliphatic rings. The zero-order chi connectivity index (χ0) is 14.2. The van der Waals surface area contributed by atoms with Crippen molar-refractivity contribution in [1.29, 1.82) is 0 Å². The number of benzene rings is 1. The second-order valence-electron chi connectivity index (χ2n) is 4.57. The van der Waals surface area contributed by atoms with Crippen LogP contribution in [0, 0.1) is 0 Å². The molecule has 3 nitrogen and oxygen atoms in total. The van der Waals surface area contributed by atoms with Crippen LogP contribution in [0.15, 0.2) is 53.1 Å². The fourth-order valence-corrected chi connectivity index (χ4v) is 2.43. The summed E-state index contributed by atoms with van der Waals surface area (Å²) in [4.78, 5) is 12.0. The number of nitrogens with one attached hydrogen (secondary N) is 1. The molecule has 0 aliphatic heterocycles. The normalized spacial score (nSPS) is 12.1. The topological polar surface area (TPSA) is 42.2 Å². The van der Waals surface area contributed by atoms with Crippen LogP contribution in [0.1, 0.15) is 36.6 Å². The highest BCUT2D eigenvalue weighted by molar-refractivity contribution is 9.09.